The number of nitrogens with one attached hydrogen (secondary N) is 1. The quantitative estimate of drug-likeness (QED) is 0.728. The van der Waals surface area contributed by atoms with Crippen LogP contribution >= 0.6 is 40.1 Å². The molecule has 0 heterocycles. The van der Waals surface area contributed by atoms with Crippen molar-refractivity contribution in [1.82, 2.24) is 5.32 Å². The van der Waals surface area contributed by atoms with E-state index in [2.05, 4.69) is 21.2 Å². The van der Waals surface area contributed by atoms with Crippen molar-refractivity contribution in [2.45, 2.75) is 30.7 Å². The van der Waals surface area contributed by atoms with Crippen LogP contribution in [0.4, 0.5) is 0 Å². The molecule has 0 aliphatic carbocycles. The van der Waals surface area contributed by atoms with Crippen LogP contribution in [0.2, 0.25) is 0 Å². The van der Waals surface area contributed by atoms with Crippen LogP contribution in [0.25, 0.3) is 0 Å². The molecule has 0 fully saturated rings. The van der Waals surface area contributed by atoms with E-state index in [1.165, 1.54) is 4.90 Å². The molecule has 0 aliphatic heterocycles. The van der Waals surface area contributed by atoms with Crippen LogP contribution < -0.4 is 11.1 Å². The zero-order chi connectivity index (χ0) is 13.4. The Balaban J connectivity index is 0.00000324. The molecule has 1 atom stereocenters. The lowest BCUT2D eigenvalue weighted by atomic mass is 10.2. The van der Waals surface area contributed by atoms with Gasteiger partial charge in [0.15, 0.2) is 0 Å². The van der Waals surface area contributed by atoms with Crippen molar-refractivity contribution in [3.05, 3.63) is 28.7 Å². The van der Waals surface area contributed by atoms with Gasteiger partial charge in [-0.1, -0.05) is 15.9 Å². The van der Waals surface area contributed by atoms with Crippen molar-refractivity contribution in [3.8, 4) is 0 Å². The molecule has 0 saturated heterocycles. The minimum absolute atomic E-state index is 0. The third-order valence-electron chi connectivity index (χ3n) is 2.33. The molecular formula is C13H20BrClN2OS. The lowest BCUT2D eigenvalue weighted by molar-refractivity contribution is -0.120. The Bertz CT molecular complexity index is 373. The van der Waals surface area contributed by atoms with E-state index in [0.29, 0.717) is 13.0 Å². The second-order valence-corrected chi connectivity index (χ2v) is 6.25. The Labute approximate surface area is 133 Å². The Morgan fingerprint density at radius 2 is 2.05 bits per heavy atom. The van der Waals surface area contributed by atoms with Gasteiger partial charge in [-0.15, -0.1) is 24.2 Å². The van der Waals surface area contributed by atoms with E-state index < -0.39 is 0 Å². The largest absolute Gasteiger partial charge is 0.356 e. The van der Waals surface area contributed by atoms with Gasteiger partial charge in [0, 0.05) is 34.1 Å². The normalized spacial score (nSPS) is 11.5. The summed E-state index contributed by atoms with van der Waals surface area (Å²) >= 11 is 5.08. The lowest BCUT2D eigenvalue weighted by Crippen LogP contribution is -2.29. The summed E-state index contributed by atoms with van der Waals surface area (Å²) in [6.07, 6.45) is 1.37. The predicted octanol–water partition coefficient (Wildman–Crippen LogP) is 3.21. The minimum Gasteiger partial charge on any atom is -0.356 e. The lowest BCUT2D eigenvalue weighted by Gasteiger charge is -2.07. The molecule has 108 valence electrons. The fourth-order valence-corrected chi connectivity index (χ4v) is 2.44. The van der Waals surface area contributed by atoms with Gasteiger partial charge in [0.05, 0.1) is 0 Å². The van der Waals surface area contributed by atoms with Crippen LogP contribution in [0, 0.1) is 0 Å². The zero-order valence-electron chi connectivity index (χ0n) is 10.9. The van der Waals surface area contributed by atoms with Crippen molar-refractivity contribution in [2.75, 3.05) is 12.3 Å². The first kappa shape index (κ1) is 18.8. The summed E-state index contributed by atoms with van der Waals surface area (Å²) < 4.78 is 1.07. The van der Waals surface area contributed by atoms with Gasteiger partial charge in [-0.05, 0) is 37.6 Å². The van der Waals surface area contributed by atoms with Crippen molar-refractivity contribution in [2.24, 2.45) is 5.73 Å². The maximum Gasteiger partial charge on any atom is 0.220 e. The summed E-state index contributed by atoms with van der Waals surface area (Å²) in [5.41, 5.74) is 5.61. The van der Waals surface area contributed by atoms with E-state index >= 15 is 0 Å². The standard InChI is InChI=1S/C13H19BrN2OS.ClH/c1-10(15)6-8-16-13(17)7-9-18-12-4-2-11(14)3-5-12;/h2-5,10H,6-9,15H2,1H3,(H,16,17);1H. The number of amides is 1. The minimum atomic E-state index is 0. The van der Waals surface area contributed by atoms with Gasteiger partial charge in [-0.25, -0.2) is 0 Å². The first-order chi connectivity index (χ1) is 8.58. The molecule has 1 amide bonds. The van der Waals surface area contributed by atoms with Gasteiger partial charge in [0.2, 0.25) is 5.91 Å². The fourth-order valence-electron chi connectivity index (χ4n) is 1.32. The molecule has 1 rings (SSSR count). The van der Waals surface area contributed by atoms with Gasteiger partial charge < -0.3 is 11.1 Å². The maximum absolute atomic E-state index is 11.5. The Kier molecular flexibility index (Phi) is 10.4. The van der Waals surface area contributed by atoms with Gasteiger partial charge in [-0.3, -0.25) is 4.79 Å². The van der Waals surface area contributed by atoms with Crippen molar-refractivity contribution in [1.29, 1.82) is 0 Å². The van der Waals surface area contributed by atoms with Gasteiger partial charge in [0.25, 0.3) is 0 Å². The van der Waals surface area contributed by atoms with E-state index in [9.17, 15) is 4.79 Å². The van der Waals surface area contributed by atoms with Crippen LogP contribution in [0.15, 0.2) is 33.6 Å². The summed E-state index contributed by atoms with van der Waals surface area (Å²) in [6.45, 7) is 2.61. The first-order valence-electron chi connectivity index (χ1n) is 5.98. The van der Waals surface area contributed by atoms with Crippen LogP contribution in [0.5, 0.6) is 0 Å². The van der Waals surface area contributed by atoms with Crippen LogP contribution in [0.3, 0.4) is 0 Å². The Morgan fingerprint density at radius 1 is 1.42 bits per heavy atom. The number of benzene rings is 1. The summed E-state index contributed by atoms with van der Waals surface area (Å²) in [4.78, 5) is 12.7. The molecule has 0 saturated carbocycles. The molecule has 1 aromatic carbocycles. The molecule has 0 bridgehead atoms. The number of nitrogens with two attached hydrogens (primary N) is 1. The topological polar surface area (TPSA) is 55.1 Å². The van der Waals surface area contributed by atoms with E-state index in [1.807, 2.05) is 31.2 Å². The number of rotatable bonds is 7. The average molecular weight is 368 g/mol. The number of carbonyl (C=O) groups is 1. The first-order valence-corrected chi connectivity index (χ1v) is 7.76. The molecule has 6 heteroatoms. The monoisotopic (exact) mass is 366 g/mol. The van der Waals surface area contributed by atoms with Crippen molar-refractivity contribution in [3.63, 3.8) is 0 Å². The molecule has 0 spiro atoms. The smallest absolute Gasteiger partial charge is 0.220 e. The highest BCUT2D eigenvalue weighted by molar-refractivity contribution is 9.10. The van der Waals surface area contributed by atoms with Gasteiger partial charge in [0.1, 0.15) is 0 Å². The molecule has 0 aliphatic rings. The number of hydrogen-bond donors (Lipinski definition) is 2. The SMILES string of the molecule is CC(N)CCNC(=O)CCSc1ccc(Br)cc1.Cl. The second-order valence-electron chi connectivity index (χ2n) is 4.17. The maximum atomic E-state index is 11.5. The second kappa shape index (κ2) is 10.5. The number of hydrogen-bond acceptors (Lipinski definition) is 3. The van der Waals surface area contributed by atoms with E-state index in [-0.39, 0.29) is 24.4 Å². The summed E-state index contributed by atoms with van der Waals surface area (Å²) in [7, 11) is 0. The molecule has 0 aromatic heterocycles. The highest BCUT2D eigenvalue weighted by Crippen LogP contribution is 2.20. The molecule has 1 unspecified atom stereocenters. The van der Waals surface area contributed by atoms with Crippen molar-refractivity contribution >= 4 is 46.0 Å². The number of carbonyl (C=O) groups excluding carboxylic acids is 1. The Morgan fingerprint density at radius 3 is 2.63 bits per heavy atom. The number of halogens is 2. The van der Waals surface area contributed by atoms with Crippen LogP contribution in [-0.2, 0) is 4.79 Å². The molecular weight excluding hydrogens is 348 g/mol. The molecule has 3 N–H and O–H groups in total. The van der Waals surface area contributed by atoms with Gasteiger partial charge >= 0.3 is 0 Å². The highest BCUT2D eigenvalue weighted by Gasteiger charge is 2.02. The summed E-state index contributed by atoms with van der Waals surface area (Å²) in [5, 5.41) is 2.87. The fraction of sp³-hybridized carbons (Fsp3) is 0.462. The molecule has 1 aromatic rings. The third kappa shape index (κ3) is 9.32. The summed E-state index contributed by atoms with van der Waals surface area (Å²) in [5.74, 6) is 0.895. The highest BCUT2D eigenvalue weighted by atomic mass is 79.9. The zero-order valence-corrected chi connectivity index (χ0v) is 14.1. The summed E-state index contributed by atoms with van der Waals surface area (Å²) in [6, 6.07) is 8.24. The van der Waals surface area contributed by atoms with Crippen LogP contribution in [-0.4, -0.2) is 24.2 Å². The average Bonchev–Trinajstić information content (AvgIpc) is 2.31. The van der Waals surface area contributed by atoms with Crippen LogP contribution in [0.1, 0.15) is 19.8 Å². The van der Waals surface area contributed by atoms with Gasteiger partial charge in [-0.2, -0.15) is 0 Å². The van der Waals surface area contributed by atoms with Crippen molar-refractivity contribution < 1.29 is 4.79 Å². The predicted molar refractivity (Wildman–Crippen MR) is 88.0 cm³/mol. The molecule has 19 heavy (non-hydrogen) atoms. The Hall–Kier alpha value is -0.230. The van der Waals surface area contributed by atoms with E-state index in [1.54, 1.807) is 11.8 Å². The molecule has 0 radical (unpaired) electrons. The van der Waals surface area contributed by atoms with E-state index in [4.69, 9.17) is 5.73 Å². The van der Waals surface area contributed by atoms with E-state index in [0.717, 1.165) is 16.6 Å². The third-order valence-corrected chi connectivity index (χ3v) is 3.88. The molecule has 3 nitrogen and oxygen atoms in total. The number of thioether (sulfide) groups is 1.